The van der Waals surface area contributed by atoms with E-state index in [0.29, 0.717) is 6.42 Å². The maximum atomic E-state index is 11.8. The standard InChI is InChI=1S/C12H16NO4P/c13-11(8-12(14)15)9-18(16,17)7-6-10-4-2-1-3-5-10/h1-5,8H,6-7,9,13H2,(H,14,15)(H,16,17). The Labute approximate surface area is 105 Å². The van der Waals surface area contributed by atoms with Crippen LogP contribution in [0.5, 0.6) is 0 Å². The van der Waals surface area contributed by atoms with Crippen molar-refractivity contribution < 1.29 is 19.4 Å². The number of hydrogen-bond donors (Lipinski definition) is 3. The highest BCUT2D eigenvalue weighted by Gasteiger charge is 2.19. The van der Waals surface area contributed by atoms with Crippen molar-refractivity contribution in [3.05, 3.63) is 47.7 Å². The van der Waals surface area contributed by atoms with E-state index < -0.39 is 13.3 Å². The zero-order valence-electron chi connectivity index (χ0n) is 9.82. The maximum Gasteiger partial charge on any atom is 0.330 e. The Bertz CT molecular complexity index is 484. The lowest BCUT2D eigenvalue weighted by Crippen LogP contribution is -2.09. The summed E-state index contributed by atoms with van der Waals surface area (Å²) in [6.45, 7) is 0. The zero-order valence-corrected chi connectivity index (χ0v) is 10.7. The number of nitrogens with two attached hydrogens (primary N) is 1. The molecule has 0 spiro atoms. The van der Waals surface area contributed by atoms with Crippen molar-refractivity contribution >= 4 is 13.3 Å². The predicted molar refractivity (Wildman–Crippen MR) is 69.6 cm³/mol. The quantitative estimate of drug-likeness (QED) is 0.535. The van der Waals surface area contributed by atoms with E-state index >= 15 is 0 Å². The number of rotatable bonds is 6. The van der Waals surface area contributed by atoms with Crippen LogP contribution >= 0.6 is 7.37 Å². The highest BCUT2D eigenvalue weighted by molar-refractivity contribution is 7.58. The summed E-state index contributed by atoms with van der Waals surface area (Å²) in [5.41, 5.74) is 6.26. The molecule has 0 bridgehead atoms. The van der Waals surface area contributed by atoms with Crippen LogP contribution in [0.4, 0.5) is 0 Å². The van der Waals surface area contributed by atoms with E-state index in [0.717, 1.165) is 11.6 Å². The molecule has 1 aromatic carbocycles. The average molecular weight is 269 g/mol. The molecular weight excluding hydrogens is 253 g/mol. The van der Waals surface area contributed by atoms with E-state index in [1.807, 2.05) is 30.3 Å². The van der Waals surface area contributed by atoms with Crippen molar-refractivity contribution in [1.82, 2.24) is 0 Å². The first-order valence-corrected chi connectivity index (χ1v) is 7.46. The second-order valence-corrected chi connectivity index (χ2v) is 6.48. The summed E-state index contributed by atoms with van der Waals surface area (Å²) in [7, 11) is -3.43. The monoisotopic (exact) mass is 269 g/mol. The number of carboxylic acids is 1. The molecule has 98 valence electrons. The van der Waals surface area contributed by atoms with Crippen LogP contribution in [-0.2, 0) is 15.8 Å². The highest BCUT2D eigenvalue weighted by Crippen LogP contribution is 2.41. The van der Waals surface area contributed by atoms with Crippen LogP contribution in [0.2, 0.25) is 0 Å². The van der Waals surface area contributed by atoms with E-state index in [4.69, 9.17) is 10.8 Å². The Morgan fingerprint density at radius 1 is 1.33 bits per heavy atom. The Morgan fingerprint density at radius 3 is 2.50 bits per heavy atom. The number of allylic oxidation sites excluding steroid dienone is 1. The lowest BCUT2D eigenvalue weighted by molar-refractivity contribution is -0.131. The second-order valence-electron chi connectivity index (χ2n) is 4.02. The number of aliphatic carboxylic acids is 1. The molecule has 0 radical (unpaired) electrons. The second kappa shape index (κ2) is 6.38. The van der Waals surface area contributed by atoms with Gasteiger partial charge in [0.25, 0.3) is 0 Å². The predicted octanol–water partition coefficient (Wildman–Crippen LogP) is 1.43. The molecule has 0 aliphatic rings. The Balaban J connectivity index is 2.55. The lowest BCUT2D eigenvalue weighted by Gasteiger charge is -2.11. The summed E-state index contributed by atoms with van der Waals surface area (Å²) < 4.78 is 11.8. The average Bonchev–Trinajstić information content (AvgIpc) is 2.26. The van der Waals surface area contributed by atoms with Gasteiger partial charge in [-0.1, -0.05) is 30.3 Å². The van der Waals surface area contributed by atoms with Crippen LogP contribution in [0.15, 0.2) is 42.1 Å². The Hall–Kier alpha value is -1.58. The number of hydrogen-bond acceptors (Lipinski definition) is 3. The van der Waals surface area contributed by atoms with E-state index in [9.17, 15) is 14.3 Å². The van der Waals surface area contributed by atoms with Gasteiger partial charge in [-0.2, -0.15) is 0 Å². The van der Waals surface area contributed by atoms with Gasteiger partial charge in [0.2, 0.25) is 7.37 Å². The number of aryl methyl sites for hydroxylation is 1. The third-order valence-electron chi connectivity index (χ3n) is 2.33. The summed E-state index contributed by atoms with van der Waals surface area (Å²) in [6.07, 6.45) is 1.03. The molecule has 0 aliphatic heterocycles. The zero-order chi connectivity index (χ0) is 13.6. The van der Waals surface area contributed by atoms with Gasteiger partial charge in [-0.15, -0.1) is 0 Å². The summed E-state index contributed by atoms with van der Waals surface area (Å²) in [5.74, 6) is -1.21. The van der Waals surface area contributed by atoms with Crippen LogP contribution in [0.1, 0.15) is 5.56 Å². The third-order valence-corrected chi connectivity index (χ3v) is 4.11. The van der Waals surface area contributed by atoms with Crippen LogP contribution < -0.4 is 5.73 Å². The molecule has 0 saturated carbocycles. The van der Waals surface area contributed by atoms with Gasteiger partial charge < -0.3 is 15.7 Å². The van der Waals surface area contributed by atoms with Crippen LogP contribution in [0, 0.1) is 0 Å². The third kappa shape index (κ3) is 5.66. The van der Waals surface area contributed by atoms with Gasteiger partial charge in [0.15, 0.2) is 0 Å². The summed E-state index contributed by atoms with van der Waals surface area (Å²) >= 11 is 0. The van der Waals surface area contributed by atoms with Gasteiger partial charge >= 0.3 is 5.97 Å². The molecule has 4 N–H and O–H groups in total. The van der Waals surface area contributed by atoms with Crippen LogP contribution in [0.3, 0.4) is 0 Å². The van der Waals surface area contributed by atoms with Crippen LogP contribution in [-0.4, -0.2) is 28.3 Å². The number of benzene rings is 1. The molecule has 6 heteroatoms. The first-order valence-electron chi connectivity index (χ1n) is 5.43. The van der Waals surface area contributed by atoms with Gasteiger partial charge in [0.05, 0.1) is 6.16 Å². The number of carboxylic acid groups (broad SMARTS) is 1. The minimum absolute atomic E-state index is 0.0820. The minimum atomic E-state index is -3.43. The van der Waals surface area contributed by atoms with E-state index in [1.54, 1.807) is 0 Å². The molecule has 0 fully saturated rings. The van der Waals surface area contributed by atoms with Gasteiger partial charge in [0.1, 0.15) is 0 Å². The van der Waals surface area contributed by atoms with Crippen molar-refractivity contribution in [1.29, 1.82) is 0 Å². The summed E-state index contributed by atoms with van der Waals surface area (Å²) in [6, 6.07) is 9.33. The Morgan fingerprint density at radius 2 is 1.94 bits per heavy atom. The van der Waals surface area contributed by atoms with Crippen molar-refractivity contribution in [2.24, 2.45) is 5.73 Å². The summed E-state index contributed by atoms with van der Waals surface area (Å²) in [4.78, 5) is 20.0. The Kier molecular flexibility index (Phi) is 5.13. The molecule has 0 aromatic heterocycles. The highest BCUT2D eigenvalue weighted by atomic mass is 31.2. The normalized spacial score (nSPS) is 15.1. The van der Waals surface area contributed by atoms with Gasteiger partial charge in [0, 0.05) is 17.9 Å². The molecule has 0 amide bonds. The smallest absolute Gasteiger partial charge is 0.330 e. The molecule has 0 aliphatic carbocycles. The number of carbonyl (C=O) groups is 1. The topological polar surface area (TPSA) is 101 Å². The molecule has 1 aromatic rings. The molecule has 1 unspecified atom stereocenters. The largest absolute Gasteiger partial charge is 0.478 e. The van der Waals surface area contributed by atoms with Crippen molar-refractivity contribution in [3.8, 4) is 0 Å². The maximum absolute atomic E-state index is 11.8. The van der Waals surface area contributed by atoms with Gasteiger partial charge in [-0.3, -0.25) is 4.57 Å². The summed E-state index contributed by atoms with van der Waals surface area (Å²) in [5, 5.41) is 8.46. The molecule has 5 nitrogen and oxygen atoms in total. The SMILES string of the molecule is NC(=CC(=O)O)CP(=O)(O)CCc1ccccc1. The van der Waals surface area contributed by atoms with Crippen molar-refractivity contribution in [2.45, 2.75) is 6.42 Å². The first-order chi connectivity index (χ1) is 8.39. The van der Waals surface area contributed by atoms with Gasteiger partial charge in [-0.05, 0) is 12.0 Å². The molecule has 1 atom stereocenters. The fourth-order valence-corrected chi connectivity index (χ4v) is 2.94. The van der Waals surface area contributed by atoms with Crippen molar-refractivity contribution in [3.63, 3.8) is 0 Å². The fraction of sp³-hybridized carbons (Fsp3) is 0.250. The first kappa shape index (κ1) is 14.5. The fourth-order valence-electron chi connectivity index (χ4n) is 1.52. The molecule has 18 heavy (non-hydrogen) atoms. The van der Waals surface area contributed by atoms with E-state index in [1.165, 1.54) is 0 Å². The van der Waals surface area contributed by atoms with Crippen molar-refractivity contribution in [2.75, 3.05) is 12.3 Å². The molecule has 0 heterocycles. The van der Waals surface area contributed by atoms with Crippen LogP contribution in [0.25, 0.3) is 0 Å². The van der Waals surface area contributed by atoms with E-state index in [-0.39, 0.29) is 18.0 Å². The molecule has 1 rings (SSSR count). The minimum Gasteiger partial charge on any atom is -0.478 e. The van der Waals surface area contributed by atoms with E-state index in [2.05, 4.69) is 0 Å². The lowest BCUT2D eigenvalue weighted by atomic mass is 10.2. The molecular formula is C12H16NO4P. The molecule has 0 saturated heterocycles. The van der Waals surface area contributed by atoms with Gasteiger partial charge in [-0.25, -0.2) is 4.79 Å².